The molecule has 1 amide bonds. The minimum atomic E-state index is 0.108. The average molecular weight is 323 g/mol. The average Bonchev–Trinajstić information content (AvgIpc) is 2.55. The van der Waals surface area contributed by atoms with Gasteiger partial charge in [-0.3, -0.25) is 4.79 Å². The van der Waals surface area contributed by atoms with Crippen LogP contribution in [0.15, 0.2) is 42.5 Å². The van der Waals surface area contributed by atoms with Crippen molar-refractivity contribution >= 4 is 5.91 Å². The van der Waals surface area contributed by atoms with Gasteiger partial charge in [0.15, 0.2) is 0 Å². The summed E-state index contributed by atoms with van der Waals surface area (Å²) in [7, 11) is 0. The van der Waals surface area contributed by atoms with Crippen LogP contribution in [0.5, 0.6) is 0 Å². The molecule has 2 aromatic rings. The summed E-state index contributed by atoms with van der Waals surface area (Å²) in [5.74, 6) is 0.681. The van der Waals surface area contributed by atoms with Crippen LogP contribution in [0.1, 0.15) is 54.0 Å². The molecule has 0 bridgehead atoms. The molecule has 128 valence electrons. The molecule has 0 unspecified atom stereocenters. The first-order chi connectivity index (χ1) is 11.5. The monoisotopic (exact) mass is 323 g/mol. The van der Waals surface area contributed by atoms with E-state index in [4.69, 9.17) is 0 Å². The highest BCUT2D eigenvalue weighted by atomic mass is 16.1. The second-order valence-electron chi connectivity index (χ2n) is 6.96. The third-order valence-electron chi connectivity index (χ3n) is 4.46. The first kappa shape index (κ1) is 18.3. The van der Waals surface area contributed by atoms with Gasteiger partial charge >= 0.3 is 0 Å². The SMILES string of the molecule is Cc1ccc(CC(=O)NCCCc2ccc(C(C)C)cc2)c(C)c1. The lowest BCUT2D eigenvalue weighted by atomic mass is 10.0. The molecule has 1 N–H and O–H groups in total. The van der Waals surface area contributed by atoms with E-state index in [-0.39, 0.29) is 5.91 Å². The van der Waals surface area contributed by atoms with Gasteiger partial charge in [0.2, 0.25) is 5.91 Å². The van der Waals surface area contributed by atoms with Crippen molar-refractivity contribution in [1.29, 1.82) is 0 Å². The van der Waals surface area contributed by atoms with E-state index in [1.165, 1.54) is 22.3 Å². The zero-order valence-corrected chi connectivity index (χ0v) is 15.4. The van der Waals surface area contributed by atoms with Crippen molar-refractivity contribution in [2.75, 3.05) is 6.54 Å². The normalized spacial score (nSPS) is 10.9. The van der Waals surface area contributed by atoms with Gasteiger partial charge in [0.05, 0.1) is 6.42 Å². The molecule has 0 spiro atoms. The highest BCUT2D eigenvalue weighted by Gasteiger charge is 2.06. The number of hydrogen-bond donors (Lipinski definition) is 1. The molecule has 0 aliphatic rings. The van der Waals surface area contributed by atoms with Crippen molar-refractivity contribution in [3.05, 3.63) is 70.3 Å². The first-order valence-electron chi connectivity index (χ1n) is 8.87. The van der Waals surface area contributed by atoms with Gasteiger partial charge in [0, 0.05) is 6.54 Å². The van der Waals surface area contributed by atoms with E-state index in [0.29, 0.717) is 12.3 Å². The van der Waals surface area contributed by atoms with Crippen LogP contribution in [0.2, 0.25) is 0 Å². The van der Waals surface area contributed by atoms with Crippen LogP contribution in [-0.4, -0.2) is 12.5 Å². The van der Waals surface area contributed by atoms with Crippen molar-refractivity contribution in [2.24, 2.45) is 0 Å². The van der Waals surface area contributed by atoms with Gasteiger partial charge < -0.3 is 5.32 Å². The highest BCUT2D eigenvalue weighted by molar-refractivity contribution is 5.78. The second-order valence-corrected chi connectivity index (χ2v) is 6.96. The number of rotatable bonds is 7. The van der Waals surface area contributed by atoms with Crippen LogP contribution in [0.4, 0.5) is 0 Å². The van der Waals surface area contributed by atoms with Crippen LogP contribution in [-0.2, 0) is 17.6 Å². The summed E-state index contributed by atoms with van der Waals surface area (Å²) in [6, 6.07) is 15.1. The van der Waals surface area contributed by atoms with Crippen LogP contribution in [0.3, 0.4) is 0 Å². The number of aryl methyl sites for hydroxylation is 3. The maximum atomic E-state index is 12.1. The largest absolute Gasteiger partial charge is 0.356 e. The smallest absolute Gasteiger partial charge is 0.224 e. The van der Waals surface area contributed by atoms with E-state index in [2.05, 4.69) is 75.5 Å². The summed E-state index contributed by atoms with van der Waals surface area (Å²) in [5, 5.41) is 3.03. The van der Waals surface area contributed by atoms with E-state index in [1.807, 2.05) is 0 Å². The number of carbonyl (C=O) groups is 1. The molecule has 0 saturated carbocycles. The first-order valence-corrected chi connectivity index (χ1v) is 8.87. The molecule has 2 aromatic carbocycles. The summed E-state index contributed by atoms with van der Waals surface area (Å²) in [6.07, 6.45) is 2.44. The molecule has 2 rings (SSSR count). The number of carbonyl (C=O) groups excluding carboxylic acids is 1. The minimum absolute atomic E-state index is 0.108. The quantitative estimate of drug-likeness (QED) is 0.734. The maximum absolute atomic E-state index is 12.1. The Morgan fingerprint density at radius 2 is 1.75 bits per heavy atom. The van der Waals surface area contributed by atoms with Crippen molar-refractivity contribution in [3.8, 4) is 0 Å². The molecule has 0 fully saturated rings. The fourth-order valence-corrected chi connectivity index (χ4v) is 2.87. The Kier molecular flexibility index (Phi) is 6.60. The van der Waals surface area contributed by atoms with Gasteiger partial charge in [-0.2, -0.15) is 0 Å². The molecule has 0 radical (unpaired) electrons. The van der Waals surface area contributed by atoms with Gasteiger partial charge in [-0.25, -0.2) is 0 Å². The highest BCUT2D eigenvalue weighted by Crippen LogP contribution is 2.15. The van der Waals surface area contributed by atoms with Gasteiger partial charge in [0.25, 0.3) is 0 Å². The Morgan fingerprint density at radius 3 is 2.38 bits per heavy atom. The topological polar surface area (TPSA) is 29.1 Å². The molecule has 24 heavy (non-hydrogen) atoms. The van der Waals surface area contributed by atoms with Crippen LogP contribution in [0, 0.1) is 13.8 Å². The fraction of sp³-hybridized carbons (Fsp3) is 0.409. The molecule has 0 aliphatic heterocycles. The van der Waals surface area contributed by atoms with E-state index in [9.17, 15) is 4.79 Å². The van der Waals surface area contributed by atoms with E-state index >= 15 is 0 Å². The van der Waals surface area contributed by atoms with E-state index in [0.717, 1.165) is 24.9 Å². The number of benzene rings is 2. The lowest BCUT2D eigenvalue weighted by Gasteiger charge is -2.09. The van der Waals surface area contributed by atoms with Crippen molar-refractivity contribution < 1.29 is 4.79 Å². The zero-order valence-electron chi connectivity index (χ0n) is 15.4. The van der Waals surface area contributed by atoms with Crippen LogP contribution >= 0.6 is 0 Å². The minimum Gasteiger partial charge on any atom is -0.356 e. The predicted octanol–water partition coefficient (Wildman–Crippen LogP) is 4.72. The third-order valence-corrected chi connectivity index (χ3v) is 4.46. The van der Waals surface area contributed by atoms with E-state index < -0.39 is 0 Å². The molecular weight excluding hydrogens is 294 g/mol. The van der Waals surface area contributed by atoms with Gasteiger partial charge in [-0.15, -0.1) is 0 Å². The predicted molar refractivity (Wildman–Crippen MR) is 101 cm³/mol. The second kappa shape index (κ2) is 8.68. The lowest BCUT2D eigenvalue weighted by molar-refractivity contribution is -0.120. The van der Waals surface area contributed by atoms with Crippen LogP contribution in [0.25, 0.3) is 0 Å². The van der Waals surface area contributed by atoms with Crippen molar-refractivity contribution in [1.82, 2.24) is 5.32 Å². The molecule has 2 nitrogen and oxygen atoms in total. The van der Waals surface area contributed by atoms with Crippen molar-refractivity contribution in [2.45, 2.75) is 52.9 Å². The summed E-state index contributed by atoms with van der Waals surface area (Å²) in [5.41, 5.74) is 6.25. The Morgan fingerprint density at radius 1 is 1.04 bits per heavy atom. The van der Waals surface area contributed by atoms with Gasteiger partial charge in [-0.1, -0.05) is 61.9 Å². The Balaban J connectivity index is 1.72. The molecule has 0 aliphatic carbocycles. The summed E-state index contributed by atoms with van der Waals surface area (Å²) < 4.78 is 0. The molecule has 0 atom stereocenters. The van der Waals surface area contributed by atoms with Gasteiger partial charge in [0.1, 0.15) is 0 Å². The summed E-state index contributed by atoms with van der Waals surface area (Å²) >= 11 is 0. The molecule has 0 heterocycles. The Hall–Kier alpha value is -2.09. The number of amides is 1. The fourth-order valence-electron chi connectivity index (χ4n) is 2.87. The zero-order chi connectivity index (χ0) is 17.5. The molecule has 0 saturated heterocycles. The lowest BCUT2D eigenvalue weighted by Crippen LogP contribution is -2.26. The third kappa shape index (κ3) is 5.52. The van der Waals surface area contributed by atoms with Crippen molar-refractivity contribution in [3.63, 3.8) is 0 Å². The molecular formula is C22H29NO. The standard InChI is InChI=1S/C22H29NO/c1-16(2)20-11-8-19(9-12-20)6-5-13-23-22(24)15-21-10-7-17(3)14-18(21)4/h7-12,14,16H,5-6,13,15H2,1-4H3,(H,23,24). The Bertz CT molecular complexity index is 671. The summed E-state index contributed by atoms with van der Waals surface area (Å²) in [4.78, 5) is 12.1. The number of hydrogen-bond acceptors (Lipinski definition) is 1. The molecule has 0 aromatic heterocycles. The Labute approximate surface area is 146 Å². The summed E-state index contributed by atoms with van der Waals surface area (Å²) in [6.45, 7) is 9.29. The van der Waals surface area contributed by atoms with Gasteiger partial charge in [-0.05, 0) is 54.9 Å². The molecule has 2 heteroatoms. The van der Waals surface area contributed by atoms with Crippen LogP contribution < -0.4 is 5.32 Å². The maximum Gasteiger partial charge on any atom is 0.224 e. The van der Waals surface area contributed by atoms with E-state index in [1.54, 1.807) is 0 Å². The number of nitrogens with one attached hydrogen (secondary N) is 1.